The van der Waals surface area contributed by atoms with E-state index in [2.05, 4.69) is 17.3 Å². The highest BCUT2D eigenvalue weighted by Crippen LogP contribution is 2.28. The molecule has 0 saturated carbocycles. The lowest BCUT2D eigenvalue weighted by molar-refractivity contribution is 0.210. The Kier molecular flexibility index (Phi) is 4.13. The number of hydrogen-bond donors (Lipinski definition) is 1. The highest BCUT2D eigenvalue weighted by Gasteiger charge is 2.39. The van der Waals surface area contributed by atoms with Crippen LogP contribution in [0.3, 0.4) is 0 Å². The third-order valence-electron chi connectivity index (χ3n) is 0.955. The zero-order chi connectivity index (χ0) is 13.1. The Balaban J connectivity index is 2.65. The molecule has 96 valence electrons. The third-order valence-corrected chi connectivity index (χ3v) is 3.75. The van der Waals surface area contributed by atoms with Crippen molar-refractivity contribution in [2.75, 3.05) is 0 Å². The van der Waals surface area contributed by atoms with Gasteiger partial charge >= 0.3 is 29.1 Å². The van der Waals surface area contributed by atoms with Crippen molar-refractivity contribution >= 4 is 29.1 Å². The van der Waals surface area contributed by atoms with Crippen LogP contribution in [0.15, 0.2) is 18.5 Å². The van der Waals surface area contributed by atoms with Gasteiger partial charge in [0.15, 0.2) is 0 Å². The molecular formula is C3H4N2O9PS2+. The first-order chi connectivity index (χ1) is 7.68. The molecule has 0 spiro atoms. The first-order valence-corrected chi connectivity index (χ1v) is 7.26. The summed E-state index contributed by atoms with van der Waals surface area (Å²) in [5, 5.41) is 3.32. The molecule has 1 N–H and O–H groups in total. The van der Waals surface area contributed by atoms with E-state index >= 15 is 0 Å². The molecule has 0 aliphatic heterocycles. The average Bonchev–Trinajstić information content (AvgIpc) is 2.49. The van der Waals surface area contributed by atoms with Crippen molar-refractivity contribution in [3.8, 4) is 0 Å². The standard InChI is InChI=1S/C3H3N2O9PS2/c6-15(13-16(7,8)9)14-17(10,11)12-5-3-1-2-4-5/h1-3H/p+1. The van der Waals surface area contributed by atoms with Gasteiger partial charge in [0.05, 0.1) is 16.4 Å². The van der Waals surface area contributed by atoms with Crippen molar-refractivity contribution in [1.29, 1.82) is 0 Å². The van der Waals surface area contributed by atoms with Crippen LogP contribution in [0.2, 0.25) is 0 Å². The van der Waals surface area contributed by atoms with E-state index in [9.17, 15) is 21.4 Å². The molecule has 0 aliphatic carbocycles. The molecule has 17 heavy (non-hydrogen) atoms. The second-order valence-electron chi connectivity index (χ2n) is 2.19. The van der Waals surface area contributed by atoms with Crippen molar-refractivity contribution in [3.05, 3.63) is 18.5 Å². The fourth-order valence-corrected chi connectivity index (χ4v) is 2.49. The Morgan fingerprint density at radius 3 is 2.35 bits per heavy atom. The molecule has 1 rings (SSSR count). The van der Waals surface area contributed by atoms with E-state index in [1.807, 2.05) is 0 Å². The third kappa shape index (κ3) is 5.67. The van der Waals surface area contributed by atoms with E-state index in [0.29, 0.717) is 4.85 Å². The van der Waals surface area contributed by atoms with E-state index < -0.39 is 29.1 Å². The summed E-state index contributed by atoms with van der Waals surface area (Å²) in [6.07, 6.45) is 2.24. The van der Waals surface area contributed by atoms with Gasteiger partial charge in [0, 0.05) is 8.54 Å². The summed E-state index contributed by atoms with van der Waals surface area (Å²) < 4.78 is 71.8. The number of rotatable bonds is 6. The molecule has 1 atom stereocenters. The minimum Gasteiger partial charge on any atom is -0.261 e. The van der Waals surface area contributed by atoms with Gasteiger partial charge in [0.25, 0.3) is 0 Å². The van der Waals surface area contributed by atoms with Gasteiger partial charge in [-0.15, -0.1) is 5.10 Å². The Hall–Kier alpha value is -1.11. The van der Waals surface area contributed by atoms with E-state index in [4.69, 9.17) is 4.55 Å². The molecule has 11 nitrogen and oxygen atoms in total. The maximum absolute atomic E-state index is 10.9. The normalized spacial score (nSPS) is 13.4. The van der Waals surface area contributed by atoms with Crippen LogP contribution in [0.25, 0.3) is 0 Å². The van der Waals surface area contributed by atoms with Gasteiger partial charge in [-0.2, -0.15) is 16.8 Å². The largest absolute Gasteiger partial charge is 0.736 e. The fraction of sp³-hybridized carbons (Fsp3) is 0. The van der Waals surface area contributed by atoms with E-state index in [0.717, 1.165) is 6.20 Å². The van der Waals surface area contributed by atoms with Crippen LogP contribution in [0.5, 0.6) is 0 Å². The predicted octanol–water partition coefficient (Wildman–Crippen LogP) is -0.950. The zero-order valence-electron chi connectivity index (χ0n) is 7.60. The molecule has 0 fully saturated rings. The van der Waals surface area contributed by atoms with Gasteiger partial charge < -0.3 is 0 Å². The van der Waals surface area contributed by atoms with Crippen LogP contribution < -0.4 is 4.28 Å². The molecule has 1 aromatic heterocycles. The SMILES string of the molecule is O=[P+](OS(=O)(=O)O)OS(=O)(=O)On1cccn1. The molecule has 1 unspecified atom stereocenters. The molecule has 1 aromatic rings. The minimum absolute atomic E-state index is 0.436. The van der Waals surface area contributed by atoms with Crippen LogP contribution in [0.1, 0.15) is 0 Å². The lowest BCUT2D eigenvalue weighted by atomic mass is 10.8. The molecular weight excluding hydrogens is 303 g/mol. The first-order valence-electron chi connectivity index (χ1n) is 3.46. The van der Waals surface area contributed by atoms with Gasteiger partial charge in [-0.25, -0.2) is 4.28 Å². The lowest BCUT2D eigenvalue weighted by Crippen LogP contribution is -2.21. The minimum atomic E-state index is -5.11. The van der Waals surface area contributed by atoms with E-state index in [1.54, 1.807) is 0 Å². The molecule has 1 heterocycles. The summed E-state index contributed by atoms with van der Waals surface area (Å²) in [6.45, 7) is 0. The highest BCUT2D eigenvalue weighted by molar-refractivity contribution is 7.88. The Morgan fingerprint density at radius 2 is 1.88 bits per heavy atom. The predicted molar refractivity (Wildman–Crippen MR) is 49.1 cm³/mol. The summed E-state index contributed by atoms with van der Waals surface area (Å²) >= 11 is 0. The topological polar surface area (TPSA) is 151 Å². The molecule has 0 amide bonds. The van der Waals surface area contributed by atoms with Crippen molar-refractivity contribution in [1.82, 2.24) is 9.94 Å². The van der Waals surface area contributed by atoms with Crippen LogP contribution >= 0.6 is 8.25 Å². The summed E-state index contributed by atoms with van der Waals surface area (Å²) in [5.41, 5.74) is 0. The van der Waals surface area contributed by atoms with Crippen molar-refractivity contribution in [3.63, 3.8) is 0 Å². The Bertz CT molecular complexity index is 588. The summed E-state index contributed by atoms with van der Waals surface area (Å²) in [6, 6.07) is 1.31. The zero-order valence-corrected chi connectivity index (χ0v) is 10.1. The summed E-state index contributed by atoms with van der Waals surface area (Å²) in [5.74, 6) is 0. The van der Waals surface area contributed by atoms with Crippen LogP contribution in [-0.2, 0) is 33.3 Å². The summed E-state index contributed by atoms with van der Waals surface area (Å²) in [4.78, 5) is 0.436. The smallest absolute Gasteiger partial charge is 0.261 e. The van der Waals surface area contributed by atoms with Gasteiger partial charge in [0.2, 0.25) is 0 Å². The quantitative estimate of drug-likeness (QED) is 0.514. The van der Waals surface area contributed by atoms with Crippen LogP contribution in [-0.4, -0.2) is 31.3 Å². The number of aromatic nitrogens is 2. The molecule has 0 aromatic carbocycles. The van der Waals surface area contributed by atoms with Crippen LogP contribution in [0, 0.1) is 0 Å². The number of nitrogens with zero attached hydrogens (tertiary/aromatic N) is 2. The second kappa shape index (κ2) is 5.03. The van der Waals surface area contributed by atoms with Crippen molar-refractivity contribution < 1.29 is 38.2 Å². The van der Waals surface area contributed by atoms with Gasteiger partial charge in [0.1, 0.15) is 0 Å². The maximum Gasteiger partial charge on any atom is 0.736 e. The molecule has 0 aliphatic rings. The van der Waals surface area contributed by atoms with Crippen LogP contribution in [0.4, 0.5) is 0 Å². The molecule has 0 bridgehead atoms. The molecule has 14 heteroatoms. The fourth-order valence-electron chi connectivity index (χ4n) is 0.570. The van der Waals surface area contributed by atoms with Gasteiger partial charge in [-0.05, 0) is 6.07 Å². The Labute approximate surface area is 96.1 Å². The summed E-state index contributed by atoms with van der Waals surface area (Å²) in [7, 11) is -13.6. The second-order valence-corrected chi connectivity index (χ2v) is 5.65. The van der Waals surface area contributed by atoms with Gasteiger partial charge in [-0.3, -0.25) is 4.55 Å². The van der Waals surface area contributed by atoms with E-state index in [-0.39, 0.29) is 0 Å². The first kappa shape index (κ1) is 14.0. The van der Waals surface area contributed by atoms with Crippen molar-refractivity contribution in [2.45, 2.75) is 0 Å². The monoisotopic (exact) mass is 307 g/mol. The number of hydrogen-bond acceptors (Lipinski definition) is 9. The maximum atomic E-state index is 10.9. The Morgan fingerprint density at radius 1 is 1.24 bits per heavy atom. The van der Waals surface area contributed by atoms with E-state index in [1.165, 1.54) is 12.3 Å². The molecule has 0 saturated heterocycles. The highest BCUT2D eigenvalue weighted by atomic mass is 32.3. The van der Waals surface area contributed by atoms with Crippen molar-refractivity contribution in [2.24, 2.45) is 0 Å². The lowest BCUT2D eigenvalue weighted by Gasteiger charge is -1.97. The van der Waals surface area contributed by atoms with Gasteiger partial charge in [-0.1, -0.05) is 4.85 Å². The molecule has 0 radical (unpaired) electrons. The average molecular weight is 307 g/mol.